The van der Waals surface area contributed by atoms with Gasteiger partial charge in [0.05, 0.1) is 12.3 Å². The number of likely N-dealkylation sites (tertiary alicyclic amines) is 1. The zero-order valence-corrected chi connectivity index (χ0v) is 19.6. The number of hydrogen-bond acceptors (Lipinski definition) is 5. The predicted octanol–water partition coefficient (Wildman–Crippen LogP) is 2.93. The summed E-state index contributed by atoms with van der Waals surface area (Å²) in [6.07, 6.45) is -4.40. The molecule has 35 heavy (non-hydrogen) atoms. The van der Waals surface area contributed by atoms with Crippen LogP contribution in [-0.4, -0.2) is 65.2 Å². The highest BCUT2D eigenvalue weighted by Gasteiger charge is 2.64. The summed E-state index contributed by atoms with van der Waals surface area (Å²) < 4.78 is 70.4. The monoisotopic (exact) mass is 509 g/mol. The number of rotatable bonds is 9. The van der Waals surface area contributed by atoms with Crippen molar-refractivity contribution in [3.63, 3.8) is 0 Å². The van der Waals surface area contributed by atoms with Crippen molar-refractivity contribution >= 4 is 23.5 Å². The summed E-state index contributed by atoms with van der Waals surface area (Å²) in [5.41, 5.74) is 0. The minimum Gasteiger partial charge on any atom is -0.459 e. The predicted molar refractivity (Wildman–Crippen MR) is 112 cm³/mol. The molecule has 3 atom stereocenters. The van der Waals surface area contributed by atoms with E-state index in [0.29, 0.717) is 6.42 Å². The second-order valence-electron chi connectivity index (χ2n) is 9.03. The van der Waals surface area contributed by atoms with E-state index in [1.54, 1.807) is 13.8 Å². The summed E-state index contributed by atoms with van der Waals surface area (Å²) in [4.78, 5) is 51.6. The number of furan rings is 1. The van der Waals surface area contributed by atoms with Crippen molar-refractivity contribution in [2.75, 3.05) is 6.54 Å². The van der Waals surface area contributed by atoms with Gasteiger partial charge in [0.2, 0.25) is 17.6 Å². The van der Waals surface area contributed by atoms with Gasteiger partial charge >= 0.3 is 12.1 Å². The van der Waals surface area contributed by atoms with Gasteiger partial charge in [0.25, 0.3) is 5.91 Å². The Hall–Kier alpha value is -2.99. The maximum Gasteiger partial charge on any atom is 0.461 e. The molecule has 1 saturated heterocycles. The Morgan fingerprint density at radius 1 is 1.00 bits per heavy atom. The highest BCUT2D eigenvalue weighted by atomic mass is 19.4. The Morgan fingerprint density at radius 3 is 2.09 bits per heavy atom. The average molecular weight is 509 g/mol. The van der Waals surface area contributed by atoms with E-state index in [1.165, 1.54) is 32.2 Å². The number of carbonyl (C=O) groups is 4. The van der Waals surface area contributed by atoms with Gasteiger partial charge in [0.1, 0.15) is 12.1 Å². The summed E-state index contributed by atoms with van der Waals surface area (Å²) >= 11 is 0. The molecule has 1 aliphatic rings. The van der Waals surface area contributed by atoms with Crippen LogP contribution in [0.2, 0.25) is 0 Å². The number of Topliss-reactive ketones (excluding diaryl/α,β-unsaturated/α-hetero) is 1. The molecule has 1 aliphatic heterocycles. The largest absolute Gasteiger partial charge is 0.461 e. The van der Waals surface area contributed by atoms with Gasteiger partial charge in [0, 0.05) is 6.54 Å². The molecule has 0 aromatic carbocycles. The molecule has 13 heteroatoms. The Bertz CT molecular complexity index is 930. The maximum atomic E-state index is 13.7. The summed E-state index contributed by atoms with van der Waals surface area (Å²) in [7, 11) is 0. The summed E-state index contributed by atoms with van der Waals surface area (Å²) in [6, 6.07) is -1.54. The normalized spacial score (nSPS) is 18.5. The standard InChI is InChI=1S/C22H28F5N3O5/c1-11(2)15(17(31)21(23,24)22(25,26)27)28-18(32)13-7-5-9-30(13)20(34)16(12(3)4)29-19(33)14-8-6-10-35-14/h6,8,10-13,15-16H,5,7,9H2,1-4H3,(H,28,32)(H,29,33). The molecule has 1 aromatic rings. The van der Waals surface area contributed by atoms with Crippen LogP contribution in [0.1, 0.15) is 51.1 Å². The lowest BCUT2D eigenvalue weighted by molar-refractivity contribution is -0.270. The molecule has 2 N–H and O–H groups in total. The molecule has 0 spiro atoms. The van der Waals surface area contributed by atoms with Gasteiger partial charge in [-0.15, -0.1) is 0 Å². The molecule has 0 bridgehead atoms. The maximum absolute atomic E-state index is 13.7. The molecule has 1 fully saturated rings. The Balaban J connectivity index is 2.20. The van der Waals surface area contributed by atoms with Crippen molar-refractivity contribution in [2.45, 2.75) is 70.8 Å². The third-order valence-corrected chi connectivity index (χ3v) is 5.72. The van der Waals surface area contributed by atoms with E-state index in [4.69, 9.17) is 4.42 Å². The van der Waals surface area contributed by atoms with E-state index in [2.05, 4.69) is 5.32 Å². The number of ketones is 1. The molecule has 3 amide bonds. The summed E-state index contributed by atoms with van der Waals surface area (Å²) in [5.74, 6) is -12.0. The van der Waals surface area contributed by atoms with Gasteiger partial charge in [-0.05, 0) is 36.8 Å². The number of alkyl halides is 5. The number of nitrogens with zero attached hydrogens (tertiary/aromatic N) is 1. The number of halogens is 5. The van der Waals surface area contributed by atoms with E-state index in [0.717, 1.165) is 4.90 Å². The fraction of sp³-hybridized carbons (Fsp3) is 0.636. The van der Waals surface area contributed by atoms with Gasteiger partial charge in [-0.25, -0.2) is 0 Å². The molecular formula is C22H28F5N3O5. The van der Waals surface area contributed by atoms with Crippen LogP contribution in [0, 0.1) is 11.8 Å². The Kier molecular flexibility index (Phi) is 8.66. The highest BCUT2D eigenvalue weighted by molar-refractivity contribution is 5.98. The van der Waals surface area contributed by atoms with Gasteiger partial charge in [-0.3, -0.25) is 19.2 Å². The Morgan fingerprint density at radius 2 is 1.60 bits per heavy atom. The number of nitrogens with one attached hydrogen (secondary N) is 2. The highest BCUT2D eigenvalue weighted by Crippen LogP contribution is 2.37. The van der Waals surface area contributed by atoms with E-state index in [9.17, 15) is 41.1 Å². The number of hydrogen-bond donors (Lipinski definition) is 2. The van der Waals surface area contributed by atoms with Crippen LogP contribution in [-0.2, 0) is 14.4 Å². The van der Waals surface area contributed by atoms with Crippen LogP contribution in [0.4, 0.5) is 22.0 Å². The van der Waals surface area contributed by atoms with Crippen molar-refractivity contribution in [1.29, 1.82) is 0 Å². The van der Waals surface area contributed by atoms with Crippen LogP contribution in [0.3, 0.4) is 0 Å². The molecule has 0 radical (unpaired) electrons. The van der Waals surface area contributed by atoms with E-state index in [-0.39, 0.29) is 18.7 Å². The van der Waals surface area contributed by atoms with Gasteiger partial charge < -0.3 is 20.0 Å². The lowest BCUT2D eigenvalue weighted by Crippen LogP contribution is -2.60. The first kappa shape index (κ1) is 28.2. The van der Waals surface area contributed by atoms with E-state index < -0.39 is 65.6 Å². The third-order valence-electron chi connectivity index (χ3n) is 5.72. The molecule has 1 aromatic heterocycles. The number of amides is 3. The van der Waals surface area contributed by atoms with Crippen LogP contribution >= 0.6 is 0 Å². The first-order valence-corrected chi connectivity index (χ1v) is 11.0. The van der Waals surface area contributed by atoms with E-state index in [1.807, 2.05) is 5.32 Å². The molecule has 3 unspecified atom stereocenters. The van der Waals surface area contributed by atoms with Crippen molar-refractivity contribution in [3.8, 4) is 0 Å². The first-order chi connectivity index (χ1) is 16.1. The molecule has 0 aliphatic carbocycles. The van der Waals surface area contributed by atoms with Gasteiger partial charge in [-0.1, -0.05) is 27.7 Å². The lowest BCUT2D eigenvalue weighted by atomic mass is 9.95. The topological polar surface area (TPSA) is 109 Å². The fourth-order valence-corrected chi connectivity index (χ4v) is 3.73. The molecule has 0 saturated carbocycles. The third kappa shape index (κ3) is 6.17. The zero-order valence-electron chi connectivity index (χ0n) is 19.6. The summed E-state index contributed by atoms with van der Waals surface area (Å²) in [6.45, 7) is 5.83. The molecule has 2 heterocycles. The minimum atomic E-state index is -6.12. The quantitative estimate of drug-likeness (QED) is 0.498. The van der Waals surface area contributed by atoms with Crippen LogP contribution in [0.25, 0.3) is 0 Å². The van der Waals surface area contributed by atoms with Gasteiger partial charge in [-0.2, -0.15) is 22.0 Å². The zero-order chi connectivity index (χ0) is 26.7. The average Bonchev–Trinajstić information content (AvgIpc) is 3.45. The van der Waals surface area contributed by atoms with Crippen molar-refractivity contribution < 1.29 is 45.5 Å². The van der Waals surface area contributed by atoms with Crippen molar-refractivity contribution in [3.05, 3.63) is 24.2 Å². The lowest BCUT2D eigenvalue weighted by Gasteiger charge is -2.32. The molecular weight excluding hydrogens is 481 g/mol. The second-order valence-corrected chi connectivity index (χ2v) is 9.03. The van der Waals surface area contributed by atoms with Crippen molar-refractivity contribution in [2.24, 2.45) is 11.8 Å². The first-order valence-electron chi connectivity index (χ1n) is 11.0. The number of carbonyl (C=O) groups excluding carboxylic acids is 4. The van der Waals surface area contributed by atoms with Crippen LogP contribution < -0.4 is 10.6 Å². The van der Waals surface area contributed by atoms with Crippen LogP contribution in [0.5, 0.6) is 0 Å². The summed E-state index contributed by atoms with van der Waals surface area (Å²) in [5, 5.41) is 4.52. The van der Waals surface area contributed by atoms with Gasteiger partial charge in [0.15, 0.2) is 5.76 Å². The van der Waals surface area contributed by atoms with Crippen molar-refractivity contribution in [1.82, 2.24) is 15.5 Å². The van der Waals surface area contributed by atoms with Crippen LogP contribution in [0.15, 0.2) is 22.8 Å². The molecule has 2 rings (SSSR count). The Labute approximate surface area is 198 Å². The SMILES string of the molecule is CC(C)C(NC(=O)c1ccco1)C(=O)N1CCCC1C(=O)NC(C(=O)C(F)(F)C(F)(F)F)C(C)C. The smallest absolute Gasteiger partial charge is 0.459 e. The molecule has 196 valence electrons. The molecule has 8 nitrogen and oxygen atoms in total. The fourth-order valence-electron chi connectivity index (χ4n) is 3.73. The second kappa shape index (κ2) is 10.7. The van der Waals surface area contributed by atoms with E-state index >= 15 is 0 Å². The minimum absolute atomic E-state index is 0.0388.